The topological polar surface area (TPSA) is 81.5 Å². The summed E-state index contributed by atoms with van der Waals surface area (Å²) in [7, 11) is -1.92. The van der Waals surface area contributed by atoms with Gasteiger partial charge in [-0.15, -0.1) is 0 Å². The zero-order valence-electron chi connectivity index (χ0n) is 21.3. The molecule has 1 fully saturated rings. The lowest BCUT2D eigenvalue weighted by atomic mass is 10.1. The Morgan fingerprint density at radius 1 is 1.14 bits per heavy atom. The number of carbonyl (C=O) groups is 1. The second-order valence-electron chi connectivity index (χ2n) is 9.24. The molecule has 0 atom stereocenters. The van der Waals surface area contributed by atoms with Crippen molar-refractivity contribution in [1.29, 1.82) is 0 Å². The van der Waals surface area contributed by atoms with Crippen LogP contribution in [0.25, 0.3) is 11.0 Å². The Kier molecular flexibility index (Phi) is 8.74. The Hall–Kier alpha value is -2.36. The lowest BCUT2D eigenvalue weighted by molar-refractivity contribution is 0.0526. The number of ether oxygens (including phenoxy) is 1. The molecule has 9 heteroatoms. The van der Waals surface area contributed by atoms with Crippen LogP contribution in [0, 0.1) is 0 Å². The van der Waals surface area contributed by atoms with E-state index >= 15 is 0 Å². The minimum Gasteiger partial charge on any atom is -0.462 e. The van der Waals surface area contributed by atoms with Gasteiger partial charge in [0.25, 0.3) is 0 Å². The van der Waals surface area contributed by atoms with Crippen LogP contribution < -0.4 is 0 Å². The van der Waals surface area contributed by atoms with Gasteiger partial charge in [0.05, 0.1) is 28.1 Å². The van der Waals surface area contributed by atoms with Gasteiger partial charge in [0.15, 0.2) is 5.16 Å². The molecule has 0 N–H and O–H groups in total. The summed E-state index contributed by atoms with van der Waals surface area (Å²) in [5.74, 6) is 0.384. The Balaban J connectivity index is 1.61. The van der Waals surface area contributed by atoms with Crippen molar-refractivity contribution in [3.8, 4) is 0 Å². The average Bonchev–Trinajstić information content (AvgIpc) is 3.53. The minimum atomic E-state index is -3.56. The van der Waals surface area contributed by atoms with Gasteiger partial charge in [-0.1, -0.05) is 50.1 Å². The van der Waals surface area contributed by atoms with Gasteiger partial charge in [-0.05, 0) is 62.1 Å². The maximum atomic E-state index is 13.1. The summed E-state index contributed by atoms with van der Waals surface area (Å²) in [6, 6.07) is 13.2. The number of rotatable bonds is 11. The number of esters is 1. The standard InChI is InChI=1S/C27H35N3O4S2/c1-4-6-17-29(3)36(32,33)23-15-16-25-24(18-23)28-27(30(25)22-9-7-8-10-22)35-19-20-11-13-21(14-12-20)26(31)34-5-2/h11-16,18,22H,4-10,17,19H2,1-3H3. The summed E-state index contributed by atoms with van der Waals surface area (Å²) < 4.78 is 35.0. The maximum Gasteiger partial charge on any atom is 0.338 e. The fourth-order valence-electron chi connectivity index (χ4n) is 4.61. The average molecular weight is 530 g/mol. The van der Waals surface area contributed by atoms with E-state index in [1.807, 2.05) is 18.2 Å². The Morgan fingerprint density at radius 3 is 2.53 bits per heavy atom. The number of thioether (sulfide) groups is 1. The van der Waals surface area contributed by atoms with Gasteiger partial charge in [0.1, 0.15) is 0 Å². The molecular formula is C27H35N3O4S2. The fourth-order valence-corrected chi connectivity index (χ4v) is 6.88. The number of sulfonamides is 1. The largest absolute Gasteiger partial charge is 0.462 e. The fraction of sp³-hybridized carbons (Fsp3) is 0.481. The number of nitrogens with zero attached hydrogens (tertiary/aromatic N) is 3. The monoisotopic (exact) mass is 529 g/mol. The molecule has 1 aliphatic carbocycles. The third-order valence-corrected chi connectivity index (χ3v) is 9.56. The van der Waals surface area contributed by atoms with Crippen LogP contribution in [-0.2, 0) is 20.5 Å². The Labute approximate surface area is 218 Å². The molecule has 2 aromatic carbocycles. The highest BCUT2D eigenvalue weighted by atomic mass is 32.2. The number of hydrogen-bond acceptors (Lipinski definition) is 6. The Morgan fingerprint density at radius 2 is 1.86 bits per heavy atom. The number of aromatic nitrogens is 2. The van der Waals surface area contributed by atoms with Crippen LogP contribution >= 0.6 is 11.8 Å². The highest BCUT2D eigenvalue weighted by Crippen LogP contribution is 2.38. The lowest BCUT2D eigenvalue weighted by Crippen LogP contribution is -2.27. The van der Waals surface area contributed by atoms with E-state index in [0.717, 1.165) is 41.9 Å². The second kappa shape index (κ2) is 11.8. The molecule has 3 aromatic rings. The number of imidazole rings is 1. The van der Waals surface area contributed by atoms with Crippen LogP contribution in [-0.4, -0.2) is 48.4 Å². The molecule has 36 heavy (non-hydrogen) atoms. The molecule has 1 aliphatic rings. The number of carbonyl (C=O) groups excluding carboxylic acids is 1. The smallest absolute Gasteiger partial charge is 0.338 e. The van der Waals surface area contributed by atoms with Gasteiger partial charge >= 0.3 is 5.97 Å². The summed E-state index contributed by atoms with van der Waals surface area (Å²) in [6.07, 6.45) is 6.36. The zero-order chi connectivity index (χ0) is 25.7. The maximum absolute atomic E-state index is 13.1. The number of unbranched alkanes of at least 4 members (excludes halogenated alkanes) is 1. The normalized spacial score (nSPS) is 14.7. The van der Waals surface area contributed by atoms with Crippen molar-refractivity contribution in [2.24, 2.45) is 0 Å². The summed E-state index contributed by atoms with van der Waals surface area (Å²) in [6.45, 7) is 4.70. The van der Waals surface area contributed by atoms with Crippen LogP contribution in [0.3, 0.4) is 0 Å². The van der Waals surface area contributed by atoms with Crippen molar-refractivity contribution in [3.63, 3.8) is 0 Å². The summed E-state index contributed by atoms with van der Waals surface area (Å²) >= 11 is 1.64. The molecule has 1 saturated carbocycles. The van der Waals surface area contributed by atoms with Crippen LogP contribution in [0.1, 0.15) is 74.3 Å². The van der Waals surface area contributed by atoms with Gasteiger partial charge < -0.3 is 9.30 Å². The van der Waals surface area contributed by atoms with Crippen LogP contribution in [0.5, 0.6) is 0 Å². The third-order valence-electron chi connectivity index (χ3n) is 6.69. The van der Waals surface area contributed by atoms with E-state index in [1.165, 1.54) is 17.1 Å². The molecule has 0 radical (unpaired) electrons. The molecule has 1 aromatic heterocycles. The van der Waals surface area contributed by atoms with E-state index < -0.39 is 10.0 Å². The molecule has 0 amide bonds. The van der Waals surface area contributed by atoms with Gasteiger partial charge in [-0.3, -0.25) is 0 Å². The number of fused-ring (bicyclic) bond motifs is 1. The van der Waals surface area contributed by atoms with Crippen LogP contribution in [0.2, 0.25) is 0 Å². The molecule has 7 nitrogen and oxygen atoms in total. The first-order valence-electron chi connectivity index (χ1n) is 12.7. The quantitative estimate of drug-likeness (QED) is 0.222. The van der Waals surface area contributed by atoms with E-state index in [9.17, 15) is 13.2 Å². The Bertz CT molecular complexity index is 1300. The van der Waals surface area contributed by atoms with E-state index in [1.54, 1.807) is 50.0 Å². The summed E-state index contributed by atoms with van der Waals surface area (Å²) in [5, 5.41) is 0.903. The molecule has 0 aliphatic heterocycles. The molecular weight excluding hydrogens is 494 g/mol. The van der Waals surface area contributed by atoms with E-state index in [4.69, 9.17) is 9.72 Å². The highest BCUT2D eigenvalue weighted by molar-refractivity contribution is 7.98. The molecule has 194 valence electrons. The van der Waals surface area contributed by atoms with E-state index in [0.29, 0.717) is 36.0 Å². The van der Waals surface area contributed by atoms with Crippen molar-refractivity contribution in [1.82, 2.24) is 13.9 Å². The van der Waals surface area contributed by atoms with Gasteiger partial charge in [-0.2, -0.15) is 0 Å². The molecule has 0 unspecified atom stereocenters. The molecule has 0 spiro atoms. The highest BCUT2D eigenvalue weighted by Gasteiger charge is 2.26. The van der Waals surface area contributed by atoms with E-state index in [-0.39, 0.29) is 10.9 Å². The molecule has 0 saturated heterocycles. The SMILES string of the molecule is CCCCN(C)S(=O)(=O)c1ccc2c(c1)nc(SCc1ccc(C(=O)OCC)cc1)n2C1CCCC1. The first-order chi connectivity index (χ1) is 17.3. The van der Waals surface area contributed by atoms with E-state index in [2.05, 4.69) is 11.5 Å². The number of benzene rings is 2. The second-order valence-corrected chi connectivity index (χ2v) is 12.2. The van der Waals surface area contributed by atoms with Crippen molar-refractivity contribution in [2.75, 3.05) is 20.2 Å². The predicted octanol–water partition coefficient (Wildman–Crippen LogP) is 6.04. The van der Waals surface area contributed by atoms with Gasteiger partial charge in [-0.25, -0.2) is 22.5 Å². The third kappa shape index (κ3) is 5.79. The predicted molar refractivity (Wildman–Crippen MR) is 144 cm³/mol. The molecule has 4 rings (SSSR count). The molecule has 0 bridgehead atoms. The first kappa shape index (κ1) is 26.7. The zero-order valence-corrected chi connectivity index (χ0v) is 22.9. The molecule has 1 heterocycles. The van der Waals surface area contributed by atoms with Gasteiger partial charge in [0, 0.05) is 25.4 Å². The summed E-state index contributed by atoms with van der Waals surface area (Å²) in [5.41, 5.74) is 3.32. The van der Waals surface area contributed by atoms with Crippen molar-refractivity contribution < 1.29 is 17.9 Å². The lowest BCUT2D eigenvalue weighted by Gasteiger charge is -2.18. The van der Waals surface area contributed by atoms with Crippen LogP contribution in [0.4, 0.5) is 0 Å². The first-order valence-corrected chi connectivity index (χ1v) is 15.1. The summed E-state index contributed by atoms with van der Waals surface area (Å²) in [4.78, 5) is 17.1. The van der Waals surface area contributed by atoms with Crippen molar-refractivity contribution in [2.45, 2.75) is 74.2 Å². The number of hydrogen-bond donors (Lipinski definition) is 0. The van der Waals surface area contributed by atoms with Gasteiger partial charge in [0.2, 0.25) is 10.0 Å². The van der Waals surface area contributed by atoms with Crippen LogP contribution in [0.15, 0.2) is 52.5 Å². The van der Waals surface area contributed by atoms with Crippen molar-refractivity contribution >= 4 is 38.8 Å². The minimum absolute atomic E-state index is 0.288. The van der Waals surface area contributed by atoms with Crippen molar-refractivity contribution in [3.05, 3.63) is 53.6 Å².